The third-order valence-corrected chi connectivity index (χ3v) is 2.92. The average molecular weight is 320 g/mol. The Labute approximate surface area is 129 Å². The molecule has 0 bridgehead atoms. The fourth-order valence-corrected chi connectivity index (χ4v) is 1.59. The molecule has 2 aromatic rings. The van der Waals surface area contributed by atoms with E-state index in [0.717, 1.165) is 11.1 Å². The number of carbonyl (C=O) groups excluding carboxylic acids is 1. The monoisotopic (exact) mass is 319 g/mol. The van der Waals surface area contributed by atoms with Crippen molar-refractivity contribution in [2.45, 2.75) is 19.9 Å². The predicted octanol–water partition coefficient (Wildman–Crippen LogP) is 1.45. The number of pyridine rings is 1. The van der Waals surface area contributed by atoms with Gasteiger partial charge >= 0.3 is 0 Å². The largest absolute Gasteiger partial charge is 0.350 e. The van der Waals surface area contributed by atoms with E-state index in [-0.39, 0.29) is 36.8 Å². The number of rotatable bonds is 4. The van der Waals surface area contributed by atoms with Crippen molar-refractivity contribution in [3.05, 3.63) is 23.5 Å². The van der Waals surface area contributed by atoms with Crippen LogP contribution in [0.2, 0.25) is 0 Å². The Hall–Kier alpha value is -1.37. The Bertz CT molecular complexity index is 572. The summed E-state index contributed by atoms with van der Waals surface area (Å²) in [6.45, 7) is 4.49. The van der Waals surface area contributed by atoms with Gasteiger partial charge in [-0.1, -0.05) is 0 Å². The van der Waals surface area contributed by atoms with Crippen LogP contribution in [0, 0.1) is 6.92 Å². The number of H-pyrrole nitrogens is 1. The van der Waals surface area contributed by atoms with Crippen LogP contribution in [-0.4, -0.2) is 40.7 Å². The van der Waals surface area contributed by atoms with Gasteiger partial charge in [0.2, 0.25) is 0 Å². The normalized spacial score (nSPS) is 11.3. The standard InChI is InChI=1S/C12H17N5O.2ClH/c1-7(13-3)5-15-12(18)9-4-10-8(2)16-17-11(10)14-6-9;;/h4,6-7,13H,5H2,1-3H3,(H,15,18)(H,14,16,17);2*1H. The molecule has 112 valence electrons. The third-order valence-electron chi connectivity index (χ3n) is 2.92. The first-order valence-electron chi connectivity index (χ1n) is 5.88. The number of halogens is 2. The number of hydrogen-bond donors (Lipinski definition) is 3. The maximum absolute atomic E-state index is 11.9. The van der Waals surface area contributed by atoms with Gasteiger partial charge in [0.05, 0.1) is 5.56 Å². The summed E-state index contributed by atoms with van der Waals surface area (Å²) in [6.07, 6.45) is 1.54. The quantitative estimate of drug-likeness (QED) is 0.796. The number of carbonyl (C=O) groups is 1. The molecule has 3 N–H and O–H groups in total. The van der Waals surface area contributed by atoms with E-state index in [4.69, 9.17) is 0 Å². The van der Waals surface area contributed by atoms with Crippen LogP contribution in [0.4, 0.5) is 0 Å². The Balaban J connectivity index is 0.00000180. The van der Waals surface area contributed by atoms with Crippen molar-refractivity contribution in [1.29, 1.82) is 0 Å². The number of fused-ring (bicyclic) bond motifs is 1. The van der Waals surface area contributed by atoms with Crippen molar-refractivity contribution in [3.63, 3.8) is 0 Å². The van der Waals surface area contributed by atoms with Crippen LogP contribution < -0.4 is 10.6 Å². The van der Waals surface area contributed by atoms with Gasteiger partial charge in [0.15, 0.2) is 5.65 Å². The summed E-state index contributed by atoms with van der Waals surface area (Å²) >= 11 is 0. The molecule has 0 saturated heterocycles. The van der Waals surface area contributed by atoms with Gasteiger partial charge in [0, 0.05) is 29.9 Å². The van der Waals surface area contributed by atoms with E-state index >= 15 is 0 Å². The maximum Gasteiger partial charge on any atom is 0.252 e. The first-order valence-corrected chi connectivity index (χ1v) is 5.88. The second-order valence-electron chi connectivity index (χ2n) is 4.34. The summed E-state index contributed by atoms with van der Waals surface area (Å²) in [5.74, 6) is -0.118. The summed E-state index contributed by atoms with van der Waals surface area (Å²) in [4.78, 5) is 16.1. The SMILES string of the molecule is CNC(C)CNC(=O)c1cnc2n[nH]c(C)c2c1.Cl.Cl. The number of nitrogens with one attached hydrogen (secondary N) is 3. The van der Waals surface area contributed by atoms with E-state index in [2.05, 4.69) is 25.8 Å². The van der Waals surface area contributed by atoms with Crippen LogP contribution in [0.15, 0.2) is 12.3 Å². The number of nitrogens with zero attached hydrogens (tertiary/aromatic N) is 2. The van der Waals surface area contributed by atoms with Crippen LogP contribution in [0.3, 0.4) is 0 Å². The lowest BCUT2D eigenvalue weighted by atomic mass is 10.2. The van der Waals surface area contributed by atoms with Crippen molar-refractivity contribution in [2.75, 3.05) is 13.6 Å². The van der Waals surface area contributed by atoms with Crippen LogP contribution in [0.25, 0.3) is 11.0 Å². The van der Waals surface area contributed by atoms with E-state index < -0.39 is 0 Å². The second-order valence-corrected chi connectivity index (χ2v) is 4.34. The topological polar surface area (TPSA) is 82.7 Å². The molecule has 0 fully saturated rings. The smallest absolute Gasteiger partial charge is 0.252 e. The Morgan fingerprint density at radius 3 is 2.80 bits per heavy atom. The highest BCUT2D eigenvalue weighted by Crippen LogP contribution is 2.14. The summed E-state index contributed by atoms with van der Waals surface area (Å²) in [5, 5.41) is 13.7. The van der Waals surface area contributed by atoms with Crippen LogP contribution in [0.5, 0.6) is 0 Å². The minimum absolute atomic E-state index is 0. The third kappa shape index (κ3) is 4.06. The van der Waals surface area contributed by atoms with Crippen molar-refractivity contribution in [3.8, 4) is 0 Å². The zero-order valence-corrected chi connectivity index (χ0v) is 13.2. The van der Waals surface area contributed by atoms with Gasteiger partial charge < -0.3 is 10.6 Å². The summed E-state index contributed by atoms with van der Waals surface area (Å²) < 4.78 is 0. The highest BCUT2D eigenvalue weighted by Gasteiger charge is 2.10. The molecular weight excluding hydrogens is 301 g/mol. The number of aryl methyl sites for hydroxylation is 1. The molecule has 20 heavy (non-hydrogen) atoms. The molecule has 0 aliphatic heterocycles. The number of likely N-dealkylation sites (N-methyl/N-ethyl adjacent to an activating group) is 1. The Morgan fingerprint density at radius 2 is 2.15 bits per heavy atom. The van der Waals surface area contributed by atoms with E-state index in [1.807, 2.05) is 20.9 Å². The molecular formula is C12H19Cl2N5O. The molecule has 1 atom stereocenters. The zero-order chi connectivity index (χ0) is 13.1. The van der Waals surface area contributed by atoms with E-state index in [1.54, 1.807) is 12.3 Å². The molecule has 0 aliphatic carbocycles. The van der Waals surface area contributed by atoms with Crippen molar-refractivity contribution >= 4 is 41.8 Å². The van der Waals surface area contributed by atoms with Gasteiger partial charge in [0.1, 0.15) is 0 Å². The molecule has 2 aromatic heterocycles. The fraction of sp³-hybridized carbons (Fsp3) is 0.417. The summed E-state index contributed by atoms with van der Waals surface area (Å²) in [5.41, 5.74) is 2.10. The number of amides is 1. The molecule has 1 unspecified atom stereocenters. The van der Waals surface area contributed by atoms with E-state index in [0.29, 0.717) is 17.8 Å². The molecule has 0 saturated carbocycles. The summed E-state index contributed by atoms with van der Waals surface area (Å²) in [6, 6.07) is 2.04. The van der Waals surface area contributed by atoms with Crippen molar-refractivity contribution < 1.29 is 4.79 Å². The number of aromatic amines is 1. The van der Waals surface area contributed by atoms with Gasteiger partial charge in [-0.25, -0.2) is 4.98 Å². The lowest BCUT2D eigenvalue weighted by molar-refractivity contribution is 0.0950. The molecule has 0 radical (unpaired) electrons. The first kappa shape index (κ1) is 18.6. The van der Waals surface area contributed by atoms with Crippen LogP contribution >= 0.6 is 24.8 Å². The average Bonchev–Trinajstić information content (AvgIpc) is 2.76. The van der Waals surface area contributed by atoms with Crippen LogP contribution in [-0.2, 0) is 0 Å². The van der Waals surface area contributed by atoms with Gasteiger partial charge in [-0.15, -0.1) is 24.8 Å². The zero-order valence-electron chi connectivity index (χ0n) is 11.6. The Morgan fingerprint density at radius 1 is 1.45 bits per heavy atom. The predicted molar refractivity (Wildman–Crippen MR) is 84.0 cm³/mol. The molecule has 1 amide bonds. The van der Waals surface area contributed by atoms with E-state index in [1.165, 1.54) is 0 Å². The molecule has 2 heterocycles. The molecule has 0 aliphatic rings. The molecule has 2 rings (SSSR count). The fourth-order valence-electron chi connectivity index (χ4n) is 1.59. The van der Waals surface area contributed by atoms with E-state index in [9.17, 15) is 4.79 Å². The lowest BCUT2D eigenvalue weighted by Crippen LogP contribution is -2.37. The summed E-state index contributed by atoms with van der Waals surface area (Å²) in [7, 11) is 1.86. The molecule has 8 heteroatoms. The molecule has 6 nitrogen and oxygen atoms in total. The first-order chi connectivity index (χ1) is 8.61. The van der Waals surface area contributed by atoms with Crippen LogP contribution in [0.1, 0.15) is 23.0 Å². The second kappa shape index (κ2) is 8.04. The molecule has 0 spiro atoms. The van der Waals surface area contributed by atoms with Gasteiger partial charge in [-0.2, -0.15) is 5.10 Å². The minimum Gasteiger partial charge on any atom is -0.350 e. The Kier molecular flexibility index (Phi) is 7.49. The highest BCUT2D eigenvalue weighted by molar-refractivity contribution is 5.97. The number of aromatic nitrogens is 3. The van der Waals surface area contributed by atoms with Gasteiger partial charge in [0.25, 0.3) is 5.91 Å². The maximum atomic E-state index is 11.9. The molecule has 0 aromatic carbocycles. The van der Waals surface area contributed by atoms with Gasteiger partial charge in [-0.05, 0) is 27.0 Å². The lowest BCUT2D eigenvalue weighted by Gasteiger charge is -2.11. The van der Waals surface area contributed by atoms with Crippen molar-refractivity contribution in [1.82, 2.24) is 25.8 Å². The van der Waals surface area contributed by atoms with Gasteiger partial charge in [-0.3, -0.25) is 9.89 Å². The highest BCUT2D eigenvalue weighted by atomic mass is 35.5. The van der Waals surface area contributed by atoms with Crippen molar-refractivity contribution in [2.24, 2.45) is 0 Å². The minimum atomic E-state index is -0.118. The number of hydrogen-bond acceptors (Lipinski definition) is 4.